The number of carbonyl (C=O) groups excluding carboxylic acids is 2. The van der Waals surface area contributed by atoms with Gasteiger partial charge in [0.1, 0.15) is 5.69 Å². The molecular weight excluding hydrogens is 457 g/mol. The number of carbonyl (C=O) groups is 2. The maximum atomic E-state index is 13.4. The summed E-state index contributed by atoms with van der Waals surface area (Å²) in [6.07, 6.45) is -1.24. The number of benzene rings is 1. The van der Waals surface area contributed by atoms with Gasteiger partial charge in [-0.25, -0.2) is 0 Å². The van der Waals surface area contributed by atoms with Crippen molar-refractivity contribution in [3.63, 3.8) is 0 Å². The van der Waals surface area contributed by atoms with E-state index in [9.17, 15) is 22.8 Å². The molecule has 6 nitrogen and oxygen atoms in total. The lowest BCUT2D eigenvalue weighted by molar-refractivity contribution is -0.137. The molecule has 0 spiro atoms. The van der Waals surface area contributed by atoms with E-state index >= 15 is 0 Å². The van der Waals surface area contributed by atoms with Gasteiger partial charge in [-0.2, -0.15) is 18.3 Å². The summed E-state index contributed by atoms with van der Waals surface area (Å²) in [4.78, 5) is 30.4. The first-order valence-corrected chi connectivity index (χ1v) is 10.6. The number of hydrogen-bond donors (Lipinski definition) is 1. The van der Waals surface area contributed by atoms with Gasteiger partial charge in [-0.15, -0.1) is 0 Å². The summed E-state index contributed by atoms with van der Waals surface area (Å²) >= 11 is 5.88. The summed E-state index contributed by atoms with van der Waals surface area (Å²) in [6, 6.07) is 4.78. The van der Waals surface area contributed by atoms with Gasteiger partial charge in [0.15, 0.2) is 5.78 Å². The smallest absolute Gasteiger partial charge is 0.319 e. The molecule has 1 unspecified atom stereocenters. The Bertz CT molecular complexity index is 1270. The number of ketones is 1. The van der Waals surface area contributed by atoms with Crippen LogP contribution in [0, 0.1) is 13.8 Å². The zero-order valence-electron chi connectivity index (χ0n) is 18.0. The summed E-state index contributed by atoms with van der Waals surface area (Å²) in [7, 11) is 0. The van der Waals surface area contributed by atoms with Crippen molar-refractivity contribution >= 4 is 29.0 Å². The van der Waals surface area contributed by atoms with Crippen molar-refractivity contribution in [1.82, 2.24) is 14.8 Å². The molecule has 0 saturated heterocycles. The van der Waals surface area contributed by atoms with E-state index in [1.807, 2.05) is 6.92 Å². The van der Waals surface area contributed by atoms with Gasteiger partial charge in [0.25, 0.3) is 5.91 Å². The maximum absolute atomic E-state index is 13.4. The Morgan fingerprint density at radius 2 is 1.94 bits per heavy atom. The molecule has 3 aromatic rings. The number of nitrogens with one attached hydrogen (secondary N) is 1. The van der Waals surface area contributed by atoms with Gasteiger partial charge >= 0.3 is 6.18 Å². The highest BCUT2D eigenvalue weighted by Gasteiger charge is 2.38. The number of rotatable bonds is 3. The first-order valence-electron chi connectivity index (χ1n) is 10.2. The molecule has 1 N–H and O–H groups in total. The molecule has 10 heteroatoms. The molecule has 0 bridgehead atoms. The number of nitrogens with zero attached hydrogens (tertiary/aromatic N) is 3. The number of amides is 1. The highest BCUT2D eigenvalue weighted by Crippen LogP contribution is 2.41. The first-order chi connectivity index (χ1) is 15.5. The van der Waals surface area contributed by atoms with Gasteiger partial charge in [-0.1, -0.05) is 17.7 Å². The Balaban J connectivity index is 1.67. The fourth-order valence-corrected chi connectivity index (χ4v) is 4.37. The van der Waals surface area contributed by atoms with Gasteiger partial charge in [0.2, 0.25) is 0 Å². The molecule has 4 rings (SSSR count). The van der Waals surface area contributed by atoms with E-state index in [2.05, 4.69) is 15.4 Å². The van der Waals surface area contributed by atoms with Crippen LogP contribution in [0.25, 0.3) is 0 Å². The molecule has 1 aliphatic heterocycles. The molecule has 33 heavy (non-hydrogen) atoms. The van der Waals surface area contributed by atoms with Crippen molar-refractivity contribution in [2.75, 3.05) is 5.32 Å². The van der Waals surface area contributed by atoms with Crippen LogP contribution in [-0.4, -0.2) is 26.5 Å². The summed E-state index contributed by atoms with van der Waals surface area (Å²) in [5.74, 6) is -1.47. The van der Waals surface area contributed by atoms with Gasteiger partial charge in [-0.3, -0.25) is 19.3 Å². The first kappa shape index (κ1) is 23.0. The molecule has 0 radical (unpaired) electrons. The normalized spacial score (nSPS) is 18.2. The summed E-state index contributed by atoms with van der Waals surface area (Å²) in [5, 5.41) is 6.55. The Kier molecular flexibility index (Phi) is 5.78. The fourth-order valence-electron chi connectivity index (χ4n) is 4.07. The molecule has 0 saturated carbocycles. The quantitative estimate of drug-likeness (QED) is 0.522. The van der Waals surface area contributed by atoms with Crippen LogP contribution >= 0.6 is 11.6 Å². The minimum atomic E-state index is -4.58. The SMILES string of the molecule is Cc1cc(C(=O)Nc2cnn3c2C(=O)C(c2ccc(C(F)(F)F)c(Cl)c2)C[C@@H]3C)c(C)cn1. The molecule has 1 amide bonds. The Hall–Kier alpha value is -3.20. The number of anilines is 1. The number of fused-ring (bicyclic) bond motifs is 1. The zero-order chi connectivity index (χ0) is 24.1. The highest BCUT2D eigenvalue weighted by atomic mass is 35.5. The summed E-state index contributed by atoms with van der Waals surface area (Å²) in [5.41, 5.74) is 1.65. The number of Topliss-reactive ketones (excluding diaryl/α,β-unsaturated/α-hetero) is 1. The summed E-state index contributed by atoms with van der Waals surface area (Å²) < 4.78 is 40.8. The third-order valence-electron chi connectivity index (χ3n) is 5.77. The van der Waals surface area contributed by atoms with Crippen LogP contribution in [-0.2, 0) is 6.18 Å². The minimum Gasteiger partial charge on any atom is -0.319 e. The van der Waals surface area contributed by atoms with E-state index in [0.29, 0.717) is 28.8 Å². The number of pyridine rings is 1. The maximum Gasteiger partial charge on any atom is 0.417 e. The van der Waals surface area contributed by atoms with Crippen LogP contribution in [0.5, 0.6) is 0 Å². The van der Waals surface area contributed by atoms with Crippen LogP contribution in [0.15, 0.2) is 36.7 Å². The van der Waals surface area contributed by atoms with Crippen molar-refractivity contribution in [3.8, 4) is 0 Å². The van der Waals surface area contributed by atoms with Crippen molar-refractivity contribution in [2.45, 2.75) is 45.3 Å². The van der Waals surface area contributed by atoms with E-state index < -0.39 is 28.6 Å². The van der Waals surface area contributed by atoms with Crippen LogP contribution in [0.3, 0.4) is 0 Å². The van der Waals surface area contributed by atoms with E-state index in [-0.39, 0.29) is 23.2 Å². The second kappa shape index (κ2) is 8.30. The molecule has 0 aliphatic carbocycles. The monoisotopic (exact) mass is 476 g/mol. The largest absolute Gasteiger partial charge is 0.417 e. The molecule has 2 atom stereocenters. The van der Waals surface area contributed by atoms with E-state index in [4.69, 9.17) is 11.6 Å². The van der Waals surface area contributed by atoms with Crippen molar-refractivity contribution in [1.29, 1.82) is 0 Å². The highest BCUT2D eigenvalue weighted by molar-refractivity contribution is 6.31. The Labute approximate surface area is 192 Å². The van der Waals surface area contributed by atoms with Gasteiger partial charge in [-0.05, 0) is 56.5 Å². The van der Waals surface area contributed by atoms with Gasteiger partial charge in [0, 0.05) is 17.5 Å². The third-order valence-corrected chi connectivity index (χ3v) is 6.09. The lowest BCUT2D eigenvalue weighted by Crippen LogP contribution is -2.29. The topological polar surface area (TPSA) is 76.9 Å². The van der Waals surface area contributed by atoms with Crippen molar-refractivity contribution in [2.24, 2.45) is 0 Å². The molecule has 0 fully saturated rings. The van der Waals surface area contributed by atoms with E-state index in [1.165, 1.54) is 23.0 Å². The Morgan fingerprint density at radius 1 is 1.21 bits per heavy atom. The second-order valence-corrected chi connectivity index (χ2v) is 8.59. The van der Waals surface area contributed by atoms with Crippen LogP contribution in [0.2, 0.25) is 5.02 Å². The number of hydrogen-bond acceptors (Lipinski definition) is 4. The van der Waals surface area contributed by atoms with Crippen LogP contribution in [0.4, 0.5) is 18.9 Å². The van der Waals surface area contributed by atoms with E-state index in [1.54, 1.807) is 26.1 Å². The second-order valence-electron chi connectivity index (χ2n) is 8.18. The average molecular weight is 477 g/mol. The van der Waals surface area contributed by atoms with Crippen molar-refractivity contribution < 1.29 is 22.8 Å². The lowest BCUT2D eigenvalue weighted by atomic mass is 9.84. The summed E-state index contributed by atoms with van der Waals surface area (Å²) in [6.45, 7) is 5.37. The molecule has 1 aliphatic rings. The van der Waals surface area contributed by atoms with Crippen LogP contribution in [0.1, 0.15) is 68.5 Å². The van der Waals surface area contributed by atoms with Gasteiger partial charge in [0.05, 0.1) is 34.4 Å². The number of aryl methyl sites for hydroxylation is 2. The molecule has 1 aromatic carbocycles. The predicted octanol–water partition coefficient (Wildman–Crippen LogP) is 5.75. The number of halogens is 4. The fraction of sp³-hybridized carbons (Fsp3) is 0.304. The number of alkyl halides is 3. The molecule has 2 aromatic heterocycles. The number of aromatic nitrogens is 3. The molecular formula is C23H20ClF3N4O2. The van der Waals surface area contributed by atoms with Crippen molar-refractivity contribution in [3.05, 3.63) is 75.3 Å². The third kappa shape index (κ3) is 4.25. The Morgan fingerprint density at radius 3 is 2.61 bits per heavy atom. The predicted molar refractivity (Wildman–Crippen MR) is 117 cm³/mol. The zero-order valence-corrected chi connectivity index (χ0v) is 18.8. The molecule has 3 heterocycles. The molecule has 172 valence electrons. The standard InChI is InChI=1S/C23H20ClF3N4O2/c1-11-9-28-12(2)6-15(11)22(33)30-19-10-29-31-13(3)7-16(21(32)20(19)31)14-4-5-17(18(24)8-14)23(25,26)27/h4-6,8-10,13,16H,7H2,1-3H3,(H,30,33)/t13-,16?/m0/s1. The average Bonchev–Trinajstić information content (AvgIpc) is 3.15. The minimum absolute atomic E-state index is 0.201. The van der Waals surface area contributed by atoms with E-state index in [0.717, 1.165) is 6.07 Å². The van der Waals surface area contributed by atoms with Gasteiger partial charge < -0.3 is 5.32 Å². The lowest BCUT2D eigenvalue weighted by Gasteiger charge is -2.28. The van der Waals surface area contributed by atoms with Crippen LogP contribution < -0.4 is 5.32 Å².